The van der Waals surface area contributed by atoms with E-state index in [9.17, 15) is 14.0 Å². The van der Waals surface area contributed by atoms with Crippen LogP contribution >= 0.6 is 0 Å². The highest BCUT2D eigenvalue weighted by molar-refractivity contribution is 6.07. The van der Waals surface area contributed by atoms with Gasteiger partial charge in [0.05, 0.1) is 11.4 Å². The number of nitrogens with one attached hydrogen (secondary N) is 2. The summed E-state index contributed by atoms with van der Waals surface area (Å²) < 4.78 is 18.8. The highest BCUT2D eigenvalue weighted by atomic mass is 19.1. The summed E-state index contributed by atoms with van der Waals surface area (Å²) >= 11 is 0. The summed E-state index contributed by atoms with van der Waals surface area (Å²) in [6, 6.07) is 18.8. The van der Waals surface area contributed by atoms with Crippen molar-refractivity contribution in [2.45, 2.75) is 53.6 Å². The Bertz CT molecular complexity index is 1230. The molecule has 0 spiro atoms. The Hall–Kier alpha value is -3.87. The number of halogens is 1. The Kier molecular flexibility index (Phi) is 9.50. The van der Waals surface area contributed by atoms with Gasteiger partial charge < -0.3 is 15.0 Å². The first-order valence-electron chi connectivity index (χ1n) is 13.1. The number of amides is 2. The smallest absolute Gasteiger partial charge is 0.412 e. The molecule has 1 heterocycles. The van der Waals surface area contributed by atoms with Crippen molar-refractivity contribution in [1.29, 1.82) is 0 Å². The number of nitrogens with zero attached hydrogens (tertiary/aromatic N) is 1. The SMILES string of the molecule is CC.CC1CCN(c2ccc(C(=O)Nc3cc(-c4ccc(F)cc4)ccc3NC(=O)OC(C)(C)C)cc2)C1. The van der Waals surface area contributed by atoms with E-state index in [0.717, 1.165) is 29.9 Å². The van der Waals surface area contributed by atoms with Crippen molar-refractivity contribution >= 4 is 29.1 Å². The normalized spacial score (nSPS) is 14.8. The van der Waals surface area contributed by atoms with Crippen molar-refractivity contribution in [2.75, 3.05) is 28.6 Å². The molecule has 1 unspecified atom stereocenters. The topological polar surface area (TPSA) is 70.7 Å². The van der Waals surface area contributed by atoms with Gasteiger partial charge in [0.1, 0.15) is 11.4 Å². The van der Waals surface area contributed by atoms with Gasteiger partial charge in [-0.1, -0.05) is 39.0 Å². The van der Waals surface area contributed by atoms with E-state index in [-0.39, 0.29) is 11.7 Å². The van der Waals surface area contributed by atoms with E-state index in [2.05, 4.69) is 22.5 Å². The molecular formula is C31H38FN3O3. The van der Waals surface area contributed by atoms with E-state index in [4.69, 9.17) is 4.74 Å². The van der Waals surface area contributed by atoms with Gasteiger partial charge in [-0.3, -0.25) is 10.1 Å². The molecule has 0 aromatic heterocycles. The van der Waals surface area contributed by atoms with Crippen LogP contribution in [0.15, 0.2) is 66.7 Å². The second-order valence-electron chi connectivity index (χ2n) is 10.2. The highest BCUT2D eigenvalue weighted by Gasteiger charge is 2.20. The maximum Gasteiger partial charge on any atom is 0.412 e. The first kappa shape index (κ1) is 28.7. The van der Waals surface area contributed by atoms with Gasteiger partial charge in [0.2, 0.25) is 0 Å². The lowest BCUT2D eigenvalue weighted by Gasteiger charge is -2.21. The lowest BCUT2D eigenvalue weighted by molar-refractivity contribution is 0.0635. The first-order chi connectivity index (χ1) is 18.1. The van der Waals surface area contributed by atoms with Crippen LogP contribution in [0.4, 0.5) is 26.2 Å². The highest BCUT2D eigenvalue weighted by Crippen LogP contribution is 2.31. The van der Waals surface area contributed by atoms with Gasteiger partial charge in [-0.15, -0.1) is 0 Å². The van der Waals surface area contributed by atoms with E-state index >= 15 is 0 Å². The molecule has 202 valence electrons. The summed E-state index contributed by atoms with van der Waals surface area (Å²) in [7, 11) is 0. The molecule has 38 heavy (non-hydrogen) atoms. The number of hydrogen-bond donors (Lipinski definition) is 2. The summed E-state index contributed by atoms with van der Waals surface area (Å²) in [5, 5.41) is 5.64. The standard InChI is InChI=1S/C29H32FN3O3.C2H6/c1-19-15-16-33(18-19)24-12-7-21(8-13-24)27(34)31-26-17-22(20-5-10-23(30)11-6-20)9-14-25(26)32-28(35)36-29(2,3)4;1-2/h5-14,17,19H,15-16,18H2,1-4H3,(H,31,34)(H,32,35);1-2H3. The Labute approximate surface area is 225 Å². The van der Waals surface area contributed by atoms with E-state index in [1.165, 1.54) is 18.6 Å². The number of benzene rings is 3. The fraction of sp³-hybridized carbons (Fsp3) is 0.355. The van der Waals surface area contributed by atoms with E-state index in [1.54, 1.807) is 63.2 Å². The van der Waals surface area contributed by atoms with Crippen LogP contribution in [0.25, 0.3) is 11.1 Å². The van der Waals surface area contributed by atoms with Crippen LogP contribution in [0.5, 0.6) is 0 Å². The van der Waals surface area contributed by atoms with Crippen LogP contribution in [0.3, 0.4) is 0 Å². The lowest BCUT2D eigenvalue weighted by Crippen LogP contribution is -2.27. The number of hydrogen-bond acceptors (Lipinski definition) is 4. The summed E-state index contributed by atoms with van der Waals surface area (Å²) in [4.78, 5) is 27.9. The Morgan fingerprint density at radius 2 is 1.53 bits per heavy atom. The van der Waals surface area contributed by atoms with Gasteiger partial charge in [-0.05, 0) is 92.8 Å². The van der Waals surface area contributed by atoms with Crippen molar-refractivity contribution < 1.29 is 18.7 Å². The van der Waals surface area contributed by atoms with Crippen LogP contribution in [-0.2, 0) is 4.74 Å². The third-order valence-corrected chi connectivity index (χ3v) is 6.00. The molecule has 0 aliphatic carbocycles. The van der Waals surface area contributed by atoms with E-state index in [0.29, 0.717) is 22.9 Å². The minimum absolute atomic E-state index is 0.306. The number of anilines is 3. The summed E-state index contributed by atoms with van der Waals surface area (Å²) in [5.74, 6) is 0.0272. The van der Waals surface area contributed by atoms with Crippen molar-refractivity contribution in [2.24, 2.45) is 5.92 Å². The van der Waals surface area contributed by atoms with E-state index in [1.807, 2.05) is 26.0 Å². The molecule has 2 N–H and O–H groups in total. The molecule has 1 aliphatic heterocycles. The predicted molar refractivity (Wildman–Crippen MR) is 153 cm³/mol. The minimum Gasteiger partial charge on any atom is -0.444 e. The molecule has 0 radical (unpaired) electrons. The molecule has 1 fully saturated rings. The molecule has 4 rings (SSSR count). The average Bonchev–Trinajstić information content (AvgIpc) is 3.32. The van der Waals surface area contributed by atoms with Gasteiger partial charge in [0, 0.05) is 24.3 Å². The second-order valence-corrected chi connectivity index (χ2v) is 10.2. The first-order valence-corrected chi connectivity index (χ1v) is 13.1. The maximum atomic E-state index is 13.4. The van der Waals surface area contributed by atoms with Crippen molar-refractivity contribution in [1.82, 2.24) is 0 Å². The van der Waals surface area contributed by atoms with Crippen LogP contribution in [-0.4, -0.2) is 30.7 Å². The van der Waals surface area contributed by atoms with Gasteiger partial charge in [-0.2, -0.15) is 0 Å². The molecule has 2 amide bonds. The van der Waals surface area contributed by atoms with Gasteiger partial charge in [0.15, 0.2) is 0 Å². The fourth-order valence-electron chi connectivity index (χ4n) is 4.18. The third kappa shape index (κ3) is 7.81. The molecule has 0 saturated carbocycles. The number of rotatable bonds is 5. The Morgan fingerprint density at radius 3 is 2.11 bits per heavy atom. The summed E-state index contributed by atoms with van der Waals surface area (Å²) in [5.41, 5.74) is 3.27. The molecule has 1 atom stereocenters. The molecular weight excluding hydrogens is 481 g/mol. The fourth-order valence-corrected chi connectivity index (χ4v) is 4.18. The molecule has 1 saturated heterocycles. The molecule has 3 aromatic rings. The monoisotopic (exact) mass is 519 g/mol. The van der Waals surface area contributed by atoms with Crippen molar-refractivity contribution in [3.05, 3.63) is 78.1 Å². The Balaban J connectivity index is 0.00000195. The van der Waals surface area contributed by atoms with Crippen LogP contribution in [0.1, 0.15) is 58.3 Å². The van der Waals surface area contributed by atoms with Crippen LogP contribution in [0.2, 0.25) is 0 Å². The molecule has 1 aliphatic rings. The largest absolute Gasteiger partial charge is 0.444 e. The van der Waals surface area contributed by atoms with Crippen molar-refractivity contribution in [3.8, 4) is 11.1 Å². The summed E-state index contributed by atoms with van der Waals surface area (Å²) in [6.45, 7) is 13.6. The number of carbonyl (C=O) groups is 2. The molecule has 7 heteroatoms. The molecule has 6 nitrogen and oxygen atoms in total. The van der Waals surface area contributed by atoms with Crippen LogP contribution in [0, 0.1) is 11.7 Å². The van der Waals surface area contributed by atoms with Gasteiger partial charge in [-0.25, -0.2) is 9.18 Å². The average molecular weight is 520 g/mol. The van der Waals surface area contributed by atoms with E-state index < -0.39 is 11.7 Å². The number of carbonyl (C=O) groups excluding carboxylic acids is 2. The minimum atomic E-state index is -0.670. The maximum absolute atomic E-state index is 13.4. The summed E-state index contributed by atoms with van der Waals surface area (Å²) in [6.07, 6.45) is 0.539. The Morgan fingerprint density at radius 1 is 0.895 bits per heavy atom. The quantitative estimate of drug-likeness (QED) is 0.359. The zero-order valence-electron chi connectivity index (χ0n) is 23.1. The van der Waals surface area contributed by atoms with Crippen LogP contribution < -0.4 is 15.5 Å². The number of ether oxygens (including phenoxy) is 1. The molecule has 0 bridgehead atoms. The molecule has 3 aromatic carbocycles. The lowest BCUT2D eigenvalue weighted by atomic mass is 10.0. The second kappa shape index (κ2) is 12.6. The van der Waals surface area contributed by atoms with Crippen molar-refractivity contribution in [3.63, 3.8) is 0 Å². The third-order valence-electron chi connectivity index (χ3n) is 6.00. The van der Waals surface area contributed by atoms with Gasteiger partial charge >= 0.3 is 6.09 Å². The zero-order valence-corrected chi connectivity index (χ0v) is 23.1. The van der Waals surface area contributed by atoms with Gasteiger partial charge in [0.25, 0.3) is 5.91 Å². The predicted octanol–water partition coefficient (Wildman–Crippen LogP) is 7.96. The zero-order chi connectivity index (χ0) is 27.9.